The van der Waals surface area contributed by atoms with Crippen LogP contribution in [0, 0.1) is 18.3 Å². The summed E-state index contributed by atoms with van der Waals surface area (Å²) in [5.74, 6) is -0.769. The van der Waals surface area contributed by atoms with Gasteiger partial charge in [0.05, 0.1) is 22.4 Å². The molecule has 5 aromatic rings. The van der Waals surface area contributed by atoms with Crippen LogP contribution in [-0.4, -0.2) is 25.2 Å². The van der Waals surface area contributed by atoms with Crippen LogP contribution >= 0.6 is 0 Å². The molecule has 0 saturated heterocycles. The number of hydrogen-bond acceptors (Lipinski definition) is 5. The number of nitriles is 1. The van der Waals surface area contributed by atoms with Crippen molar-refractivity contribution in [2.45, 2.75) is 6.92 Å². The van der Waals surface area contributed by atoms with Crippen molar-refractivity contribution in [1.29, 1.82) is 5.26 Å². The van der Waals surface area contributed by atoms with E-state index in [0.29, 0.717) is 16.9 Å². The number of anilines is 1. The Morgan fingerprint density at radius 1 is 1.09 bits per heavy atom. The monoisotopic (exact) mass is 420 g/mol. The highest BCUT2D eigenvalue weighted by atomic mass is 16.1. The van der Waals surface area contributed by atoms with E-state index >= 15 is 0 Å². The van der Waals surface area contributed by atoms with Crippen molar-refractivity contribution in [3.05, 3.63) is 89.1 Å². The van der Waals surface area contributed by atoms with Gasteiger partial charge in [-0.2, -0.15) is 10.4 Å². The molecule has 8 nitrogen and oxygen atoms in total. The number of aryl methyl sites for hydroxylation is 1. The van der Waals surface area contributed by atoms with Crippen LogP contribution in [0.15, 0.2) is 78.0 Å². The van der Waals surface area contributed by atoms with Gasteiger partial charge < -0.3 is 5.32 Å². The third kappa shape index (κ3) is 3.18. The number of nitrogens with zero attached hydrogens (tertiary/aromatic N) is 5. The van der Waals surface area contributed by atoms with Crippen molar-refractivity contribution < 1.29 is 4.79 Å². The van der Waals surface area contributed by atoms with Gasteiger partial charge in [0.15, 0.2) is 6.07 Å². The predicted octanol–water partition coefficient (Wildman–Crippen LogP) is 3.50. The molecule has 32 heavy (non-hydrogen) atoms. The van der Waals surface area contributed by atoms with Crippen LogP contribution in [0.2, 0.25) is 0 Å². The summed E-state index contributed by atoms with van der Waals surface area (Å²) >= 11 is 0. The lowest BCUT2D eigenvalue weighted by atomic mass is 10.1. The topological polar surface area (TPSA) is 106 Å². The van der Waals surface area contributed by atoms with Gasteiger partial charge in [0.25, 0.3) is 5.56 Å². The summed E-state index contributed by atoms with van der Waals surface area (Å²) in [7, 11) is 0. The summed E-state index contributed by atoms with van der Waals surface area (Å²) in [4.78, 5) is 29.2. The van der Waals surface area contributed by atoms with E-state index in [-0.39, 0.29) is 5.56 Å². The van der Waals surface area contributed by atoms with Crippen LogP contribution in [0.1, 0.15) is 5.56 Å². The van der Waals surface area contributed by atoms with Gasteiger partial charge in [0, 0.05) is 41.1 Å². The normalized spacial score (nSPS) is 10.9. The first-order valence-electron chi connectivity index (χ1n) is 9.82. The van der Waals surface area contributed by atoms with Gasteiger partial charge in [-0.1, -0.05) is 6.07 Å². The molecule has 0 aliphatic heterocycles. The first kappa shape index (κ1) is 19.2. The second kappa shape index (κ2) is 7.49. The Bertz CT molecular complexity index is 1610. The average Bonchev–Trinajstić information content (AvgIpc) is 3.35. The maximum Gasteiger partial charge on any atom is 0.326 e. The van der Waals surface area contributed by atoms with Gasteiger partial charge >= 0.3 is 5.91 Å². The molecule has 0 saturated carbocycles. The van der Waals surface area contributed by atoms with Crippen molar-refractivity contribution >= 4 is 33.4 Å². The van der Waals surface area contributed by atoms with Crippen LogP contribution in [0.3, 0.4) is 0 Å². The zero-order chi connectivity index (χ0) is 22.2. The van der Waals surface area contributed by atoms with E-state index in [2.05, 4.69) is 15.4 Å². The maximum absolute atomic E-state index is 13.1. The van der Waals surface area contributed by atoms with Crippen LogP contribution < -0.4 is 10.9 Å². The van der Waals surface area contributed by atoms with E-state index in [0.717, 1.165) is 27.5 Å². The molecule has 5 rings (SSSR count). The zero-order valence-electron chi connectivity index (χ0n) is 17.0. The molecular formula is C24H16N6O2. The maximum atomic E-state index is 13.1. The molecule has 1 amide bonds. The summed E-state index contributed by atoms with van der Waals surface area (Å²) in [5, 5.41) is 17.3. The standard InChI is InChI=1S/C24H16N6O2/c1-15-3-5-18(12-21(15)28-22(31)13-25)30-23(32)8-4-16-14-26-20-7-6-17(11-19(20)24(16)30)29-10-2-9-27-29/h2-12,14H,1H3,(H,28,31). The van der Waals surface area contributed by atoms with Gasteiger partial charge in [-0.05, 0) is 55.0 Å². The minimum atomic E-state index is -0.769. The van der Waals surface area contributed by atoms with E-state index in [1.165, 1.54) is 6.07 Å². The molecule has 0 spiro atoms. The van der Waals surface area contributed by atoms with Gasteiger partial charge in [0.2, 0.25) is 0 Å². The minimum absolute atomic E-state index is 0.226. The number of carbonyl (C=O) groups is 1. The summed E-state index contributed by atoms with van der Waals surface area (Å²) in [6, 6.07) is 17.7. The fraction of sp³-hybridized carbons (Fsp3) is 0.0417. The van der Waals surface area contributed by atoms with Crippen molar-refractivity contribution in [3.63, 3.8) is 0 Å². The number of fused-ring (bicyclic) bond motifs is 3. The van der Waals surface area contributed by atoms with Crippen molar-refractivity contribution in [2.24, 2.45) is 0 Å². The minimum Gasteiger partial charge on any atom is -0.313 e. The van der Waals surface area contributed by atoms with Gasteiger partial charge in [0.1, 0.15) is 0 Å². The van der Waals surface area contributed by atoms with Gasteiger partial charge in [-0.25, -0.2) is 4.68 Å². The van der Waals surface area contributed by atoms with E-state index in [1.54, 1.807) is 45.9 Å². The molecule has 0 unspecified atom stereocenters. The molecule has 0 atom stereocenters. The van der Waals surface area contributed by atoms with Gasteiger partial charge in [-0.3, -0.25) is 19.1 Å². The van der Waals surface area contributed by atoms with Crippen LogP contribution in [0.4, 0.5) is 5.69 Å². The summed E-state index contributed by atoms with van der Waals surface area (Å²) < 4.78 is 3.33. The number of nitrogens with one attached hydrogen (secondary N) is 1. The molecule has 2 aromatic carbocycles. The molecule has 8 heteroatoms. The summed E-state index contributed by atoms with van der Waals surface area (Å²) in [6.45, 7) is 1.82. The quantitative estimate of drug-likeness (QED) is 0.355. The molecule has 0 radical (unpaired) electrons. The predicted molar refractivity (Wildman–Crippen MR) is 121 cm³/mol. The molecule has 3 aromatic heterocycles. The SMILES string of the molecule is Cc1ccc(-n2c(=O)ccc3cnc4ccc(-n5cccn5)cc4c32)cc1NC(=O)C#N. The zero-order valence-corrected chi connectivity index (χ0v) is 17.0. The first-order chi connectivity index (χ1) is 15.5. The van der Waals surface area contributed by atoms with Crippen LogP contribution in [0.25, 0.3) is 33.2 Å². The molecule has 0 bridgehead atoms. The average molecular weight is 420 g/mol. The number of pyridine rings is 2. The number of carbonyl (C=O) groups excluding carboxylic acids is 1. The smallest absolute Gasteiger partial charge is 0.313 e. The molecule has 0 fully saturated rings. The molecule has 0 aliphatic rings. The molecule has 154 valence electrons. The number of rotatable bonds is 3. The number of aromatic nitrogens is 4. The van der Waals surface area contributed by atoms with Crippen molar-refractivity contribution in [1.82, 2.24) is 19.3 Å². The molecule has 3 heterocycles. The van der Waals surface area contributed by atoms with Gasteiger partial charge in [-0.15, -0.1) is 0 Å². The number of hydrogen-bond donors (Lipinski definition) is 1. The fourth-order valence-electron chi connectivity index (χ4n) is 3.75. The van der Waals surface area contributed by atoms with Crippen molar-refractivity contribution in [3.8, 4) is 17.4 Å². The number of benzene rings is 2. The van der Waals surface area contributed by atoms with Crippen molar-refractivity contribution in [2.75, 3.05) is 5.32 Å². The molecular weight excluding hydrogens is 404 g/mol. The Morgan fingerprint density at radius 3 is 2.72 bits per heavy atom. The van der Waals surface area contributed by atoms with Crippen LogP contribution in [0.5, 0.6) is 0 Å². The first-order valence-corrected chi connectivity index (χ1v) is 9.82. The summed E-state index contributed by atoms with van der Waals surface area (Å²) in [5.41, 5.74) is 3.85. The lowest BCUT2D eigenvalue weighted by Gasteiger charge is -2.15. The Labute approximate surface area is 182 Å². The van der Waals surface area contributed by atoms with E-state index in [4.69, 9.17) is 5.26 Å². The fourth-order valence-corrected chi connectivity index (χ4v) is 3.75. The Hall–Kier alpha value is -4.77. The Kier molecular flexibility index (Phi) is 4.49. The molecule has 1 N–H and O–H groups in total. The summed E-state index contributed by atoms with van der Waals surface area (Å²) in [6.07, 6.45) is 5.27. The second-order valence-electron chi connectivity index (χ2n) is 7.29. The third-order valence-corrected chi connectivity index (χ3v) is 5.30. The van der Waals surface area contributed by atoms with E-state index < -0.39 is 5.91 Å². The third-order valence-electron chi connectivity index (χ3n) is 5.30. The lowest BCUT2D eigenvalue weighted by Crippen LogP contribution is -2.18. The highest BCUT2D eigenvalue weighted by molar-refractivity contribution is 6.05. The largest absolute Gasteiger partial charge is 0.326 e. The highest BCUT2D eigenvalue weighted by Crippen LogP contribution is 2.28. The van der Waals surface area contributed by atoms with E-state index in [9.17, 15) is 9.59 Å². The lowest BCUT2D eigenvalue weighted by molar-refractivity contribution is -0.111. The highest BCUT2D eigenvalue weighted by Gasteiger charge is 2.13. The number of amides is 1. The Morgan fingerprint density at radius 2 is 1.94 bits per heavy atom. The van der Waals surface area contributed by atoms with Crippen LogP contribution in [-0.2, 0) is 4.79 Å². The second-order valence-corrected chi connectivity index (χ2v) is 7.29. The molecule has 0 aliphatic carbocycles. The Balaban J connectivity index is 1.82. The van der Waals surface area contributed by atoms with E-state index in [1.807, 2.05) is 43.5 Å².